The maximum absolute atomic E-state index is 13.9. The number of carbonyl (C=O) groups is 2. The lowest BCUT2D eigenvalue weighted by Gasteiger charge is -2.40. The van der Waals surface area contributed by atoms with Crippen LogP contribution in [0, 0.1) is 6.92 Å². The van der Waals surface area contributed by atoms with Crippen LogP contribution in [0.15, 0.2) is 48.5 Å². The Balaban J connectivity index is 1.73. The average Bonchev–Trinajstić information content (AvgIpc) is 3.11. The van der Waals surface area contributed by atoms with Gasteiger partial charge in [-0.2, -0.15) is 0 Å². The van der Waals surface area contributed by atoms with E-state index in [0.717, 1.165) is 61.6 Å². The second-order valence-corrected chi connectivity index (χ2v) is 9.82. The SMILES string of the molecule is Cc1ccc([C@@H](C(=O)NC2CCCCCC2)N(C(=O)CCl)[C@H]2CCCc3ccccc32)cc1. The number of aryl methyl sites for hydroxylation is 2. The molecule has 0 aliphatic heterocycles. The van der Waals surface area contributed by atoms with Crippen LogP contribution in [0.2, 0.25) is 0 Å². The van der Waals surface area contributed by atoms with Crippen molar-refractivity contribution >= 4 is 23.4 Å². The predicted octanol–water partition coefficient (Wildman–Crippen LogP) is 6.02. The van der Waals surface area contributed by atoms with E-state index in [-0.39, 0.29) is 29.8 Å². The fourth-order valence-electron chi connectivity index (χ4n) is 5.47. The zero-order valence-corrected chi connectivity index (χ0v) is 20.3. The molecule has 0 aromatic heterocycles. The van der Waals surface area contributed by atoms with Crippen LogP contribution in [0.5, 0.6) is 0 Å². The standard InChI is InChI=1S/C28H35ClN2O2/c1-20-15-17-22(18-16-20)27(28(33)30-23-11-4-2-3-5-12-23)31(26(32)19-29)25-14-8-10-21-9-6-7-13-24(21)25/h6-7,9,13,15-18,23,25,27H,2-5,8,10-12,14,19H2,1H3,(H,30,33)/t25-,27-/m0/s1. The first kappa shape index (κ1) is 23.8. The van der Waals surface area contributed by atoms with Crippen LogP contribution >= 0.6 is 11.6 Å². The highest BCUT2D eigenvalue weighted by molar-refractivity contribution is 6.27. The van der Waals surface area contributed by atoms with Crippen LogP contribution in [-0.2, 0) is 16.0 Å². The van der Waals surface area contributed by atoms with Crippen molar-refractivity contribution in [3.63, 3.8) is 0 Å². The Labute approximate surface area is 202 Å². The van der Waals surface area contributed by atoms with Crippen LogP contribution in [0.1, 0.15) is 85.7 Å². The third kappa shape index (κ3) is 5.60. The highest BCUT2D eigenvalue weighted by Crippen LogP contribution is 2.39. The van der Waals surface area contributed by atoms with Gasteiger partial charge in [0.1, 0.15) is 11.9 Å². The first-order chi connectivity index (χ1) is 16.1. The lowest BCUT2D eigenvalue weighted by atomic mass is 9.85. The highest BCUT2D eigenvalue weighted by atomic mass is 35.5. The zero-order valence-electron chi connectivity index (χ0n) is 19.6. The third-order valence-corrected chi connectivity index (χ3v) is 7.43. The van der Waals surface area contributed by atoms with Crippen molar-refractivity contribution in [2.75, 3.05) is 5.88 Å². The molecule has 2 atom stereocenters. The van der Waals surface area contributed by atoms with Crippen LogP contribution in [0.4, 0.5) is 0 Å². The van der Waals surface area contributed by atoms with Crippen LogP contribution in [0.3, 0.4) is 0 Å². The highest BCUT2D eigenvalue weighted by Gasteiger charge is 2.38. The summed E-state index contributed by atoms with van der Waals surface area (Å²) in [7, 11) is 0. The maximum Gasteiger partial charge on any atom is 0.247 e. The third-order valence-electron chi connectivity index (χ3n) is 7.20. The average molecular weight is 467 g/mol. The van der Waals surface area contributed by atoms with E-state index in [2.05, 4.69) is 17.4 Å². The number of hydrogen-bond acceptors (Lipinski definition) is 2. The van der Waals surface area contributed by atoms with Crippen molar-refractivity contribution in [3.8, 4) is 0 Å². The molecule has 0 radical (unpaired) electrons. The molecule has 0 spiro atoms. The van der Waals surface area contributed by atoms with E-state index in [4.69, 9.17) is 11.6 Å². The molecule has 33 heavy (non-hydrogen) atoms. The van der Waals surface area contributed by atoms with Gasteiger partial charge in [0, 0.05) is 6.04 Å². The molecule has 0 bridgehead atoms. The van der Waals surface area contributed by atoms with E-state index < -0.39 is 6.04 Å². The molecule has 1 fully saturated rings. The molecule has 0 heterocycles. The van der Waals surface area contributed by atoms with Gasteiger partial charge in [-0.05, 0) is 55.7 Å². The number of nitrogens with zero attached hydrogens (tertiary/aromatic N) is 1. The molecule has 5 heteroatoms. The Bertz CT molecular complexity index is 951. The van der Waals surface area contributed by atoms with Gasteiger partial charge in [-0.3, -0.25) is 9.59 Å². The number of fused-ring (bicyclic) bond motifs is 1. The normalized spacial score (nSPS) is 19.8. The molecule has 2 amide bonds. The number of alkyl halides is 1. The zero-order chi connectivity index (χ0) is 23.2. The van der Waals surface area contributed by atoms with Crippen molar-refractivity contribution in [1.29, 1.82) is 0 Å². The van der Waals surface area contributed by atoms with Gasteiger partial charge in [-0.15, -0.1) is 11.6 Å². The minimum Gasteiger partial charge on any atom is -0.351 e. The second-order valence-electron chi connectivity index (χ2n) is 9.55. The van der Waals surface area contributed by atoms with Gasteiger partial charge in [0.2, 0.25) is 11.8 Å². The molecule has 4 nitrogen and oxygen atoms in total. The molecule has 0 unspecified atom stereocenters. The molecule has 176 valence electrons. The molecule has 2 aliphatic rings. The number of carbonyl (C=O) groups excluding carboxylic acids is 2. The van der Waals surface area contributed by atoms with E-state index in [0.29, 0.717) is 0 Å². The minimum atomic E-state index is -0.698. The molecule has 1 saturated carbocycles. The number of nitrogens with one attached hydrogen (secondary N) is 1. The summed E-state index contributed by atoms with van der Waals surface area (Å²) in [6, 6.07) is 15.6. The molecule has 2 aromatic carbocycles. The molecule has 2 aromatic rings. The van der Waals surface area contributed by atoms with E-state index >= 15 is 0 Å². The Morgan fingerprint density at radius 1 is 0.970 bits per heavy atom. The van der Waals surface area contributed by atoms with Crippen molar-refractivity contribution in [2.24, 2.45) is 0 Å². The summed E-state index contributed by atoms with van der Waals surface area (Å²) >= 11 is 6.15. The lowest BCUT2D eigenvalue weighted by molar-refractivity contribution is -0.142. The summed E-state index contributed by atoms with van der Waals surface area (Å²) in [6.45, 7) is 2.03. The van der Waals surface area contributed by atoms with Gasteiger partial charge >= 0.3 is 0 Å². The predicted molar refractivity (Wildman–Crippen MR) is 133 cm³/mol. The topological polar surface area (TPSA) is 49.4 Å². The fourth-order valence-corrected chi connectivity index (χ4v) is 5.61. The van der Waals surface area contributed by atoms with Crippen molar-refractivity contribution < 1.29 is 9.59 Å². The Kier molecular flexibility index (Phi) is 8.08. The molecule has 0 saturated heterocycles. The second kappa shape index (κ2) is 11.2. The van der Waals surface area contributed by atoms with E-state index in [9.17, 15) is 9.59 Å². The summed E-state index contributed by atoms with van der Waals surface area (Å²) in [6.07, 6.45) is 9.55. The Morgan fingerprint density at radius 2 is 1.67 bits per heavy atom. The van der Waals surface area contributed by atoms with Crippen molar-refractivity contribution in [2.45, 2.75) is 82.8 Å². The molecule has 2 aliphatic carbocycles. The van der Waals surface area contributed by atoms with Crippen LogP contribution in [0.25, 0.3) is 0 Å². The van der Waals surface area contributed by atoms with Crippen LogP contribution in [-0.4, -0.2) is 28.6 Å². The van der Waals surface area contributed by atoms with E-state index in [1.165, 1.54) is 18.4 Å². The first-order valence-electron chi connectivity index (χ1n) is 12.4. The summed E-state index contributed by atoms with van der Waals surface area (Å²) in [5.41, 5.74) is 4.36. The summed E-state index contributed by atoms with van der Waals surface area (Å²) in [5.74, 6) is -0.426. The van der Waals surface area contributed by atoms with E-state index in [1.54, 1.807) is 4.90 Å². The quantitative estimate of drug-likeness (QED) is 0.418. The Morgan fingerprint density at radius 3 is 2.36 bits per heavy atom. The maximum atomic E-state index is 13.9. The van der Waals surface area contributed by atoms with Gasteiger partial charge in [-0.1, -0.05) is 79.8 Å². The lowest BCUT2D eigenvalue weighted by Crippen LogP contribution is -2.48. The van der Waals surface area contributed by atoms with Crippen molar-refractivity contribution in [3.05, 3.63) is 70.8 Å². The monoisotopic (exact) mass is 466 g/mol. The first-order valence-corrected chi connectivity index (χ1v) is 12.9. The summed E-state index contributed by atoms with van der Waals surface area (Å²) in [5, 5.41) is 3.32. The minimum absolute atomic E-state index is 0.0905. The summed E-state index contributed by atoms with van der Waals surface area (Å²) < 4.78 is 0. The fraction of sp³-hybridized carbons (Fsp3) is 0.500. The summed E-state index contributed by atoms with van der Waals surface area (Å²) in [4.78, 5) is 29.0. The largest absolute Gasteiger partial charge is 0.351 e. The van der Waals surface area contributed by atoms with Gasteiger partial charge < -0.3 is 10.2 Å². The van der Waals surface area contributed by atoms with Gasteiger partial charge in [0.25, 0.3) is 0 Å². The van der Waals surface area contributed by atoms with Gasteiger partial charge in [-0.25, -0.2) is 0 Å². The van der Waals surface area contributed by atoms with E-state index in [1.807, 2.05) is 43.3 Å². The Hall–Kier alpha value is -2.33. The molecular weight excluding hydrogens is 432 g/mol. The number of benzene rings is 2. The number of hydrogen-bond donors (Lipinski definition) is 1. The van der Waals surface area contributed by atoms with Gasteiger partial charge in [0.15, 0.2) is 0 Å². The van der Waals surface area contributed by atoms with Crippen LogP contribution < -0.4 is 5.32 Å². The van der Waals surface area contributed by atoms with Crippen molar-refractivity contribution in [1.82, 2.24) is 10.2 Å². The molecule has 4 rings (SSSR count). The number of amides is 2. The molecular formula is C28H35ClN2O2. The number of rotatable bonds is 6. The smallest absolute Gasteiger partial charge is 0.247 e. The van der Waals surface area contributed by atoms with Gasteiger partial charge in [0.05, 0.1) is 6.04 Å². The molecule has 1 N–H and O–H groups in total. The number of halogens is 1.